The van der Waals surface area contributed by atoms with Crippen molar-refractivity contribution in [1.29, 1.82) is 0 Å². The number of amides is 1. The molecule has 0 N–H and O–H groups in total. The molecule has 3 aliphatic rings. The van der Waals surface area contributed by atoms with Crippen LogP contribution in [0.5, 0.6) is 5.75 Å². The van der Waals surface area contributed by atoms with Crippen LogP contribution < -0.4 is 9.64 Å². The van der Waals surface area contributed by atoms with E-state index in [1.807, 2.05) is 67.5 Å². The van der Waals surface area contributed by atoms with Crippen LogP contribution in [0.3, 0.4) is 0 Å². The smallest absolute Gasteiger partial charge is 0.316 e. The number of rotatable bonds is 0. The molecule has 2 aromatic rings. The Kier molecular flexibility index (Phi) is 2.76. The van der Waals surface area contributed by atoms with Gasteiger partial charge in [-0.15, -0.1) is 0 Å². The zero-order valence-corrected chi connectivity index (χ0v) is 14.1. The van der Waals surface area contributed by atoms with Crippen molar-refractivity contribution in [3.05, 3.63) is 59.7 Å². The van der Waals surface area contributed by atoms with E-state index >= 15 is 0 Å². The number of nitrogens with zero attached hydrogens (tertiary/aromatic N) is 2. The number of fused-ring (bicyclic) bond motifs is 6. The second kappa shape index (κ2) is 4.70. The van der Waals surface area contributed by atoms with Crippen molar-refractivity contribution in [2.24, 2.45) is 5.92 Å². The summed E-state index contributed by atoms with van der Waals surface area (Å²) in [6, 6.07) is 15.5. The van der Waals surface area contributed by atoms with E-state index < -0.39 is 5.54 Å². The highest BCUT2D eigenvalue weighted by Gasteiger charge is 2.66. The first-order valence-electron chi connectivity index (χ1n) is 8.46. The van der Waals surface area contributed by atoms with Crippen molar-refractivity contribution in [2.45, 2.75) is 11.5 Å². The maximum Gasteiger partial charge on any atom is 0.316 e. The van der Waals surface area contributed by atoms with E-state index in [1.54, 1.807) is 4.90 Å². The van der Waals surface area contributed by atoms with Gasteiger partial charge in [-0.2, -0.15) is 0 Å². The number of likely N-dealkylation sites (tertiary alicyclic amines) is 1. The third-order valence-corrected chi connectivity index (χ3v) is 6.00. The Morgan fingerprint density at radius 1 is 1.04 bits per heavy atom. The minimum absolute atomic E-state index is 0.0215. The number of carbonyl (C=O) groups is 2. The van der Waals surface area contributed by atoms with Crippen LogP contribution in [0.2, 0.25) is 0 Å². The number of para-hydroxylation sites is 2. The lowest BCUT2D eigenvalue weighted by molar-refractivity contribution is -0.140. The lowest BCUT2D eigenvalue weighted by Crippen LogP contribution is -2.50. The minimum atomic E-state index is -0.856. The number of ether oxygens (including phenoxy) is 1. The summed E-state index contributed by atoms with van der Waals surface area (Å²) in [4.78, 5) is 29.9. The first-order valence-corrected chi connectivity index (χ1v) is 8.46. The van der Waals surface area contributed by atoms with Gasteiger partial charge in [0.25, 0.3) is 5.91 Å². The van der Waals surface area contributed by atoms with Crippen LogP contribution in [0.1, 0.15) is 17.0 Å². The summed E-state index contributed by atoms with van der Waals surface area (Å²) in [5.41, 5.74) is 1.97. The minimum Gasteiger partial charge on any atom is -0.426 e. The average molecular weight is 334 g/mol. The highest BCUT2D eigenvalue weighted by Crippen LogP contribution is 2.60. The summed E-state index contributed by atoms with van der Waals surface area (Å²) in [5, 5.41) is 0. The molecule has 25 heavy (non-hydrogen) atoms. The van der Waals surface area contributed by atoms with Crippen molar-refractivity contribution < 1.29 is 14.3 Å². The number of likely N-dealkylation sites (N-methyl/N-ethyl adjacent to an activating group) is 2. The van der Waals surface area contributed by atoms with Crippen LogP contribution in [0.15, 0.2) is 48.5 Å². The molecule has 0 radical (unpaired) electrons. The average Bonchev–Trinajstić information content (AvgIpc) is 3.06. The molecule has 0 aromatic heterocycles. The van der Waals surface area contributed by atoms with E-state index in [2.05, 4.69) is 0 Å². The number of esters is 1. The Morgan fingerprint density at radius 2 is 1.76 bits per heavy atom. The largest absolute Gasteiger partial charge is 0.426 e. The molecule has 3 heterocycles. The molecule has 1 spiro atoms. The number of carbonyl (C=O) groups excluding carboxylic acids is 2. The fraction of sp³-hybridized carbons (Fsp3) is 0.300. The molecule has 0 unspecified atom stereocenters. The van der Waals surface area contributed by atoms with Crippen LogP contribution in [0.25, 0.3) is 0 Å². The first-order chi connectivity index (χ1) is 12.1. The molecule has 5 nitrogen and oxygen atoms in total. The Labute approximate surface area is 145 Å². The monoisotopic (exact) mass is 334 g/mol. The molecule has 0 aliphatic carbocycles. The van der Waals surface area contributed by atoms with Crippen LogP contribution in [0.4, 0.5) is 5.69 Å². The predicted molar refractivity (Wildman–Crippen MR) is 92.5 cm³/mol. The van der Waals surface area contributed by atoms with Crippen LogP contribution in [-0.4, -0.2) is 37.4 Å². The molecule has 3 atom stereocenters. The predicted octanol–water partition coefficient (Wildman–Crippen LogP) is 2.12. The van der Waals surface area contributed by atoms with Gasteiger partial charge in [-0.05, 0) is 19.2 Å². The van der Waals surface area contributed by atoms with Crippen LogP contribution >= 0.6 is 0 Å². The zero-order valence-electron chi connectivity index (χ0n) is 14.1. The number of hydrogen-bond donors (Lipinski definition) is 0. The fourth-order valence-electron chi connectivity index (χ4n) is 4.98. The van der Waals surface area contributed by atoms with Gasteiger partial charge in [0.2, 0.25) is 0 Å². The molecule has 5 heteroatoms. The lowest BCUT2D eigenvalue weighted by atomic mass is 9.71. The van der Waals surface area contributed by atoms with Crippen LogP contribution in [0, 0.1) is 5.92 Å². The molecule has 1 saturated heterocycles. The molecule has 126 valence electrons. The van der Waals surface area contributed by atoms with Gasteiger partial charge in [0.05, 0.1) is 5.92 Å². The number of hydrogen-bond acceptors (Lipinski definition) is 4. The van der Waals surface area contributed by atoms with E-state index in [0.29, 0.717) is 12.3 Å². The lowest BCUT2D eigenvalue weighted by Gasteiger charge is -2.38. The Morgan fingerprint density at radius 3 is 2.60 bits per heavy atom. The van der Waals surface area contributed by atoms with Crippen molar-refractivity contribution in [3.8, 4) is 5.75 Å². The van der Waals surface area contributed by atoms with Gasteiger partial charge < -0.3 is 9.64 Å². The topological polar surface area (TPSA) is 49.9 Å². The van der Waals surface area contributed by atoms with Crippen molar-refractivity contribution in [2.75, 3.05) is 25.5 Å². The molecule has 5 rings (SSSR count). The quantitative estimate of drug-likeness (QED) is 0.547. The Bertz CT molecular complexity index is 925. The SMILES string of the molecule is CN1C(=O)[C@]2(c3ccccc31)[C@@H]1c3ccccc3OC(=O)[C@@H]1CN2C. The summed E-state index contributed by atoms with van der Waals surface area (Å²) >= 11 is 0. The normalized spacial score (nSPS) is 30.2. The van der Waals surface area contributed by atoms with E-state index in [9.17, 15) is 9.59 Å². The van der Waals surface area contributed by atoms with Gasteiger partial charge in [0, 0.05) is 36.3 Å². The van der Waals surface area contributed by atoms with Gasteiger partial charge in [0.1, 0.15) is 11.3 Å². The van der Waals surface area contributed by atoms with Gasteiger partial charge in [-0.25, -0.2) is 0 Å². The number of anilines is 1. The van der Waals surface area contributed by atoms with Crippen molar-refractivity contribution in [3.63, 3.8) is 0 Å². The Balaban J connectivity index is 1.83. The highest BCUT2D eigenvalue weighted by atomic mass is 16.5. The van der Waals surface area contributed by atoms with E-state index in [4.69, 9.17) is 4.74 Å². The summed E-state index contributed by atoms with van der Waals surface area (Å²) in [6.45, 7) is 0.506. The summed E-state index contributed by atoms with van der Waals surface area (Å²) in [6.07, 6.45) is 0. The zero-order chi connectivity index (χ0) is 17.3. The van der Waals surface area contributed by atoms with Crippen molar-refractivity contribution >= 4 is 17.6 Å². The summed E-state index contributed by atoms with van der Waals surface area (Å²) in [5.74, 6) is -0.235. The van der Waals surface area contributed by atoms with E-state index in [1.165, 1.54) is 0 Å². The first kappa shape index (κ1) is 14.7. The standard InChI is InChI=1S/C20H18N2O3/c1-21-11-13-17(12-7-3-6-10-16(12)25-18(13)23)20(21)14-8-4-5-9-15(14)22(2)19(20)24/h3-10,13,17H,11H2,1-2H3/t13-,17-,20+/m1/s1. The third kappa shape index (κ3) is 1.57. The highest BCUT2D eigenvalue weighted by molar-refractivity contribution is 6.09. The molecule has 0 bridgehead atoms. The van der Waals surface area contributed by atoms with Gasteiger partial charge in [-0.3, -0.25) is 14.5 Å². The molecular weight excluding hydrogens is 316 g/mol. The van der Waals surface area contributed by atoms with Crippen molar-refractivity contribution in [1.82, 2.24) is 4.90 Å². The molecule has 0 saturated carbocycles. The van der Waals surface area contributed by atoms with E-state index in [0.717, 1.165) is 16.8 Å². The molecule has 1 fully saturated rings. The van der Waals surface area contributed by atoms with Crippen LogP contribution in [-0.2, 0) is 15.1 Å². The summed E-state index contributed by atoms with van der Waals surface area (Å²) < 4.78 is 5.56. The van der Waals surface area contributed by atoms with Gasteiger partial charge in [0.15, 0.2) is 0 Å². The van der Waals surface area contributed by atoms with E-state index in [-0.39, 0.29) is 23.7 Å². The second-order valence-electron chi connectivity index (χ2n) is 7.07. The second-order valence-corrected chi connectivity index (χ2v) is 7.07. The Hall–Kier alpha value is -2.66. The summed E-state index contributed by atoms with van der Waals surface area (Å²) in [7, 11) is 3.74. The molecule has 3 aliphatic heterocycles. The molecular formula is C20H18N2O3. The fourth-order valence-corrected chi connectivity index (χ4v) is 4.98. The van der Waals surface area contributed by atoms with Gasteiger partial charge in [-0.1, -0.05) is 36.4 Å². The maximum absolute atomic E-state index is 13.5. The number of benzene rings is 2. The molecule has 1 amide bonds. The molecule has 2 aromatic carbocycles. The third-order valence-electron chi connectivity index (χ3n) is 6.00. The maximum atomic E-state index is 13.5. The van der Waals surface area contributed by atoms with Gasteiger partial charge >= 0.3 is 5.97 Å².